The van der Waals surface area contributed by atoms with E-state index in [1.165, 1.54) is 7.11 Å². The van der Waals surface area contributed by atoms with Crippen molar-refractivity contribution < 1.29 is 9.53 Å². The number of ether oxygens (including phenoxy) is 1. The van der Waals surface area contributed by atoms with E-state index in [0.29, 0.717) is 12.0 Å². The summed E-state index contributed by atoms with van der Waals surface area (Å²) in [6, 6.07) is 5.77. The molecule has 2 heterocycles. The number of piperazine rings is 1. The summed E-state index contributed by atoms with van der Waals surface area (Å²) in [7, 11) is 1.42. The summed E-state index contributed by atoms with van der Waals surface area (Å²) in [4.78, 5) is 20.0. The zero-order valence-electron chi connectivity index (χ0n) is 12.3. The quantitative estimate of drug-likeness (QED) is 0.754. The molecule has 21 heavy (non-hydrogen) atoms. The molecule has 1 saturated heterocycles. The highest BCUT2D eigenvalue weighted by Crippen LogP contribution is 2.14. The smallest absolute Gasteiger partial charge is 0.305 e. The molecule has 0 atom stereocenters. The number of carbonyl (C=O) groups excluding carboxylic acids is 1. The third-order valence-electron chi connectivity index (χ3n) is 3.66. The third kappa shape index (κ3) is 4.43. The average Bonchev–Trinajstić information content (AvgIpc) is 2.55. The monoisotopic (exact) mass is 288 g/mol. The molecule has 1 fully saturated rings. The van der Waals surface area contributed by atoms with E-state index in [0.717, 1.165) is 45.0 Å². The van der Waals surface area contributed by atoms with E-state index >= 15 is 0 Å². The molecule has 6 nitrogen and oxygen atoms in total. The third-order valence-corrected chi connectivity index (χ3v) is 3.66. The first kappa shape index (κ1) is 15.3. The van der Waals surface area contributed by atoms with Gasteiger partial charge in [-0.05, 0) is 25.1 Å². The molecule has 1 aliphatic rings. The van der Waals surface area contributed by atoms with Gasteiger partial charge in [0.1, 0.15) is 11.9 Å². The second-order valence-corrected chi connectivity index (χ2v) is 5.03. The van der Waals surface area contributed by atoms with E-state index in [1.807, 2.05) is 6.07 Å². The molecule has 0 spiro atoms. The first-order valence-corrected chi connectivity index (χ1v) is 7.13. The van der Waals surface area contributed by atoms with Crippen molar-refractivity contribution in [2.75, 3.05) is 44.7 Å². The van der Waals surface area contributed by atoms with Crippen molar-refractivity contribution in [3.8, 4) is 6.07 Å². The van der Waals surface area contributed by atoms with Gasteiger partial charge in [0.15, 0.2) is 0 Å². The largest absolute Gasteiger partial charge is 0.469 e. The fraction of sp³-hybridized carbons (Fsp3) is 0.533. The van der Waals surface area contributed by atoms with Gasteiger partial charge in [0.25, 0.3) is 0 Å². The molecular weight excluding hydrogens is 268 g/mol. The number of hydrogen-bond acceptors (Lipinski definition) is 6. The lowest BCUT2D eigenvalue weighted by Crippen LogP contribution is -2.47. The second-order valence-electron chi connectivity index (χ2n) is 5.03. The fourth-order valence-corrected chi connectivity index (χ4v) is 2.39. The molecule has 2 rings (SSSR count). The van der Waals surface area contributed by atoms with Crippen LogP contribution < -0.4 is 4.90 Å². The van der Waals surface area contributed by atoms with Gasteiger partial charge in [-0.2, -0.15) is 5.26 Å². The molecule has 0 saturated carbocycles. The number of methoxy groups -OCH3 is 1. The van der Waals surface area contributed by atoms with Crippen LogP contribution >= 0.6 is 0 Å². The van der Waals surface area contributed by atoms with Crippen molar-refractivity contribution in [3.05, 3.63) is 23.9 Å². The fourth-order valence-electron chi connectivity index (χ4n) is 2.39. The van der Waals surface area contributed by atoms with Crippen LogP contribution in [-0.2, 0) is 9.53 Å². The highest BCUT2D eigenvalue weighted by atomic mass is 16.5. The Morgan fingerprint density at radius 2 is 2.14 bits per heavy atom. The topological polar surface area (TPSA) is 69.5 Å². The van der Waals surface area contributed by atoms with Crippen molar-refractivity contribution in [1.29, 1.82) is 5.26 Å². The van der Waals surface area contributed by atoms with Crippen LogP contribution in [0.3, 0.4) is 0 Å². The van der Waals surface area contributed by atoms with Crippen molar-refractivity contribution in [1.82, 2.24) is 9.88 Å². The number of aromatic nitrogens is 1. The lowest BCUT2D eigenvalue weighted by molar-refractivity contribution is -0.140. The summed E-state index contributed by atoms with van der Waals surface area (Å²) in [5, 5.41) is 8.77. The molecule has 0 N–H and O–H groups in total. The maximum absolute atomic E-state index is 11.1. The van der Waals surface area contributed by atoms with Gasteiger partial charge in [0.05, 0.1) is 12.7 Å². The minimum absolute atomic E-state index is 0.143. The van der Waals surface area contributed by atoms with Crippen LogP contribution in [0.4, 0.5) is 5.82 Å². The highest BCUT2D eigenvalue weighted by Gasteiger charge is 2.17. The van der Waals surface area contributed by atoms with E-state index < -0.39 is 0 Å². The maximum Gasteiger partial charge on any atom is 0.305 e. The van der Waals surface area contributed by atoms with Crippen LogP contribution in [0.25, 0.3) is 0 Å². The van der Waals surface area contributed by atoms with Gasteiger partial charge in [0, 0.05) is 38.8 Å². The van der Waals surface area contributed by atoms with Crippen molar-refractivity contribution in [2.45, 2.75) is 12.8 Å². The van der Waals surface area contributed by atoms with Gasteiger partial charge in [-0.25, -0.2) is 4.98 Å². The molecule has 0 aromatic carbocycles. The van der Waals surface area contributed by atoms with Gasteiger partial charge in [0.2, 0.25) is 0 Å². The summed E-state index contributed by atoms with van der Waals surface area (Å²) in [6.07, 6.45) is 2.92. The standard InChI is InChI=1S/C15H20N4O2/c1-21-15(20)3-2-6-18-7-9-19(10-8-18)14-5-4-13(11-16)12-17-14/h4-5,12H,2-3,6-10H2,1H3. The lowest BCUT2D eigenvalue weighted by Gasteiger charge is -2.35. The zero-order valence-corrected chi connectivity index (χ0v) is 12.3. The van der Waals surface area contributed by atoms with E-state index in [2.05, 4.69) is 25.6 Å². The normalized spacial score (nSPS) is 15.5. The van der Waals surface area contributed by atoms with Crippen LogP contribution in [-0.4, -0.2) is 55.7 Å². The molecule has 0 radical (unpaired) electrons. The Hall–Kier alpha value is -2.13. The highest BCUT2D eigenvalue weighted by molar-refractivity contribution is 5.69. The van der Waals surface area contributed by atoms with Crippen LogP contribution in [0.2, 0.25) is 0 Å². The molecule has 1 aromatic heterocycles. The number of rotatable bonds is 5. The predicted octanol–water partition coefficient (Wildman–Crippen LogP) is 1.03. The summed E-state index contributed by atoms with van der Waals surface area (Å²) in [6.45, 7) is 4.67. The Morgan fingerprint density at radius 3 is 2.71 bits per heavy atom. The molecule has 6 heteroatoms. The summed E-state index contributed by atoms with van der Waals surface area (Å²) in [5.41, 5.74) is 0.584. The number of carbonyl (C=O) groups is 1. The van der Waals surface area contributed by atoms with Gasteiger partial charge in [-0.3, -0.25) is 9.69 Å². The van der Waals surface area contributed by atoms with Crippen molar-refractivity contribution >= 4 is 11.8 Å². The van der Waals surface area contributed by atoms with E-state index in [4.69, 9.17) is 5.26 Å². The number of hydrogen-bond donors (Lipinski definition) is 0. The summed E-state index contributed by atoms with van der Waals surface area (Å²) < 4.78 is 4.64. The first-order valence-electron chi connectivity index (χ1n) is 7.13. The van der Waals surface area contributed by atoms with Gasteiger partial charge in [-0.15, -0.1) is 0 Å². The molecule has 1 aliphatic heterocycles. The zero-order chi connectivity index (χ0) is 15.1. The minimum atomic E-state index is -0.143. The summed E-state index contributed by atoms with van der Waals surface area (Å²) in [5.74, 6) is 0.777. The number of nitriles is 1. The number of esters is 1. The Balaban J connectivity index is 1.75. The van der Waals surface area contributed by atoms with Gasteiger partial charge >= 0.3 is 5.97 Å². The molecular formula is C15H20N4O2. The molecule has 0 unspecified atom stereocenters. The number of nitrogens with zero attached hydrogens (tertiary/aromatic N) is 4. The average molecular weight is 288 g/mol. The lowest BCUT2D eigenvalue weighted by atomic mass is 10.2. The van der Waals surface area contributed by atoms with Gasteiger partial charge in [-0.1, -0.05) is 0 Å². The molecule has 0 aliphatic carbocycles. The molecule has 1 aromatic rings. The number of pyridine rings is 1. The Kier molecular flexibility index (Phi) is 5.52. The molecule has 0 amide bonds. The first-order chi connectivity index (χ1) is 10.2. The van der Waals surface area contributed by atoms with E-state index in [1.54, 1.807) is 12.3 Å². The Labute approximate surface area is 124 Å². The van der Waals surface area contributed by atoms with E-state index in [-0.39, 0.29) is 5.97 Å². The minimum Gasteiger partial charge on any atom is -0.469 e. The number of anilines is 1. The van der Waals surface area contributed by atoms with E-state index in [9.17, 15) is 4.79 Å². The van der Waals surface area contributed by atoms with Gasteiger partial charge < -0.3 is 9.64 Å². The maximum atomic E-state index is 11.1. The van der Waals surface area contributed by atoms with Crippen LogP contribution in [0.1, 0.15) is 18.4 Å². The summed E-state index contributed by atoms with van der Waals surface area (Å²) >= 11 is 0. The van der Waals surface area contributed by atoms with Crippen molar-refractivity contribution in [2.24, 2.45) is 0 Å². The van der Waals surface area contributed by atoms with Crippen molar-refractivity contribution in [3.63, 3.8) is 0 Å². The second kappa shape index (κ2) is 7.60. The Morgan fingerprint density at radius 1 is 1.38 bits per heavy atom. The van der Waals surface area contributed by atoms with Crippen LogP contribution in [0.15, 0.2) is 18.3 Å². The SMILES string of the molecule is COC(=O)CCCN1CCN(c2ccc(C#N)cn2)CC1. The van der Waals surface area contributed by atoms with Crippen LogP contribution in [0.5, 0.6) is 0 Å². The predicted molar refractivity (Wildman–Crippen MR) is 78.9 cm³/mol. The van der Waals surface area contributed by atoms with Crippen LogP contribution in [0, 0.1) is 11.3 Å². The Bertz CT molecular complexity index is 501. The molecule has 112 valence electrons. The molecule has 0 bridgehead atoms.